The predicted molar refractivity (Wildman–Crippen MR) is 32.3 cm³/mol. The molecule has 0 bridgehead atoms. The van der Waals surface area contributed by atoms with Crippen LogP contribution in [0.1, 0.15) is 12.8 Å². The monoisotopic (exact) mass is 150 g/mol. The van der Waals surface area contributed by atoms with Gasteiger partial charge in [0.05, 0.1) is 0 Å². The van der Waals surface area contributed by atoms with Crippen LogP contribution in [0.5, 0.6) is 0 Å². The first-order valence-electron chi connectivity index (χ1n) is 2.77. The van der Waals surface area contributed by atoms with E-state index in [1.54, 1.807) is 6.54 Å². The average Bonchev–Trinajstić information content (AvgIpc) is 2.08. The Labute approximate surface area is 53.7 Å². The first-order chi connectivity index (χ1) is 4.11. The van der Waals surface area contributed by atoms with Crippen LogP contribution in [0.2, 0.25) is 0 Å². The zero-order valence-electron chi connectivity index (χ0n) is 4.90. The van der Waals surface area contributed by atoms with Crippen LogP contribution in [-0.2, 0) is 4.57 Å². The number of nitrogens with zero attached hydrogens (tertiary/aromatic N) is 1. The molecule has 0 aromatic heterocycles. The molecule has 0 spiro atoms. The SMILES string of the molecule is O=P(O)(O)N1[CH]CCC1. The van der Waals surface area contributed by atoms with Crippen LogP contribution in [0, 0.1) is 6.54 Å². The van der Waals surface area contributed by atoms with Crippen molar-refractivity contribution in [2.24, 2.45) is 0 Å². The lowest BCUT2D eigenvalue weighted by atomic mass is 10.4. The molecule has 1 saturated heterocycles. The Kier molecular flexibility index (Phi) is 1.91. The van der Waals surface area contributed by atoms with Gasteiger partial charge in [-0.25, -0.2) is 9.24 Å². The average molecular weight is 150 g/mol. The van der Waals surface area contributed by atoms with E-state index in [4.69, 9.17) is 9.79 Å². The number of hydrogen-bond acceptors (Lipinski definition) is 1. The Balaban J connectivity index is 2.52. The minimum atomic E-state index is -3.94. The first-order valence-corrected chi connectivity index (χ1v) is 4.33. The third-order valence-corrected chi connectivity index (χ3v) is 2.30. The van der Waals surface area contributed by atoms with Gasteiger partial charge in [0.2, 0.25) is 0 Å². The van der Waals surface area contributed by atoms with E-state index in [-0.39, 0.29) is 0 Å². The van der Waals surface area contributed by atoms with Crippen molar-refractivity contribution in [2.45, 2.75) is 12.8 Å². The van der Waals surface area contributed by atoms with Crippen LogP contribution >= 0.6 is 7.75 Å². The molecule has 53 valence electrons. The van der Waals surface area contributed by atoms with Crippen molar-refractivity contribution in [3.63, 3.8) is 0 Å². The highest BCUT2D eigenvalue weighted by Crippen LogP contribution is 2.43. The van der Waals surface area contributed by atoms with Crippen LogP contribution in [-0.4, -0.2) is 21.0 Å². The molecule has 2 N–H and O–H groups in total. The molecular weight excluding hydrogens is 141 g/mol. The van der Waals surface area contributed by atoms with Gasteiger partial charge in [-0.2, -0.15) is 0 Å². The fourth-order valence-electron chi connectivity index (χ4n) is 0.822. The Hall–Kier alpha value is 0.110. The maximum absolute atomic E-state index is 10.4. The Morgan fingerprint density at radius 3 is 2.44 bits per heavy atom. The second kappa shape index (κ2) is 2.39. The maximum atomic E-state index is 10.4. The lowest BCUT2D eigenvalue weighted by Gasteiger charge is -2.14. The van der Waals surface area contributed by atoms with Gasteiger partial charge in [0.1, 0.15) is 0 Å². The van der Waals surface area contributed by atoms with Crippen LogP contribution in [0.3, 0.4) is 0 Å². The first kappa shape index (κ1) is 7.22. The summed E-state index contributed by atoms with van der Waals surface area (Å²) in [7, 11) is -3.94. The molecule has 0 aromatic carbocycles. The van der Waals surface area contributed by atoms with Crippen LogP contribution in [0.15, 0.2) is 0 Å². The molecule has 1 rings (SSSR count). The Morgan fingerprint density at radius 1 is 1.56 bits per heavy atom. The second-order valence-corrected chi connectivity index (χ2v) is 3.54. The van der Waals surface area contributed by atoms with Gasteiger partial charge in [-0.1, -0.05) is 0 Å². The fourth-order valence-corrected chi connectivity index (χ4v) is 1.55. The summed E-state index contributed by atoms with van der Waals surface area (Å²) >= 11 is 0. The van der Waals surface area contributed by atoms with Gasteiger partial charge in [-0.05, 0) is 12.8 Å². The molecule has 5 heteroatoms. The summed E-state index contributed by atoms with van der Waals surface area (Å²) < 4.78 is 11.5. The van der Waals surface area contributed by atoms with Gasteiger partial charge in [0.15, 0.2) is 0 Å². The van der Waals surface area contributed by atoms with E-state index in [0.717, 1.165) is 17.5 Å². The molecule has 0 unspecified atom stereocenters. The standard InChI is InChI=1S/C4H9NO3P/c6-9(7,8)5-3-1-2-4-5/h3H,1-2,4H2,(H2,6,7,8). The number of rotatable bonds is 1. The maximum Gasteiger partial charge on any atom is 0.403 e. The molecule has 1 aliphatic rings. The van der Waals surface area contributed by atoms with Crippen molar-refractivity contribution in [1.82, 2.24) is 4.67 Å². The lowest BCUT2D eigenvalue weighted by Crippen LogP contribution is -2.10. The zero-order chi connectivity index (χ0) is 6.91. The summed E-state index contributed by atoms with van der Waals surface area (Å²) in [5, 5.41) is 0. The molecule has 1 radical (unpaired) electrons. The summed E-state index contributed by atoms with van der Waals surface area (Å²) in [5.74, 6) is 0. The van der Waals surface area contributed by atoms with Crippen LogP contribution in [0.4, 0.5) is 0 Å². The van der Waals surface area contributed by atoms with Crippen molar-refractivity contribution in [3.05, 3.63) is 6.54 Å². The van der Waals surface area contributed by atoms with Crippen molar-refractivity contribution in [1.29, 1.82) is 0 Å². The lowest BCUT2D eigenvalue weighted by molar-refractivity contribution is 0.306. The van der Waals surface area contributed by atoms with E-state index in [1.807, 2.05) is 0 Å². The van der Waals surface area contributed by atoms with Crippen molar-refractivity contribution in [2.75, 3.05) is 6.54 Å². The molecule has 4 nitrogen and oxygen atoms in total. The van der Waals surface area contributed by atoms with E-state index in [0.29, 0.717) is 6.54 Å². The summed E-state index contributed by atoms with van der Waals surface area (Å²) in [6.07, 6.45) is 1.64. The highest BCUT2D eigenvalue weighted by Gasteiger charge is 2.27. The molecule has 0 saturated carbocycles. The largest absolute Gasteiger partial charge is 0.403 e. The topological polar surface area (TPSA) is 60.8 Å². The molecule has 0 atom stereocenters. The normalized spacial score (nSPS) is 22.9. The molecule has 0 aliphatic carbocycles. The van der Waals surface area contributed by atoms with Gasteiger partial charge < -0.3 is 9.79 Å². The summed E-state index contributed by atoms with van der Waals surface area (Å²) in [5.41, 5.74) is 0. The van der Waals surface area contributed by atoms with Crippen molar-refractivity contribution in [3.8, 4) is 0 Å². The summed E-state index contributed by atoms with van der Waals surface area (Å²) in [6, 6.07) is 0. The third kappa shape index (κ3) is 1.76. The van der Waals surface area contributed by atoms with E-state index >= 15 is 0 Å². The van der Waals surface area contributed by atoms with Gasteiger partial charge in [0, 0.05) is 13.1 Å². The van der Waals surface area contributed by atoms with E-state index in [1.165, 1.54) is 0 Å². The van der Waals surface area contributed by atoms with E-state index < -0.39 is 7.75 Å². The number of hydrogen-bond donors (Lipinski definition) is 2. The molecule has 1 fully saturated rings. The summed E-state index contributed by atoms with van der Waals surface area (Å²) in [4.78, 5) is 17.0. The fraction of sp³-hybridized carbons (Fsp3) is 0.750. The van der Waals surface area contributed by atoms with Crippen LogP contribution < -0.4 is 0 Å². The van der Waals surface area contributed by atoms with Gasteiger partial charge >= 0.3 is 7.75 Å². The molecule has 0 amide bonds. The van der Waals surface area contributed by atoms with E-state index in [9.17, 15) is 4.57 Å². The molecule has 0 aromatic rings. The van der Waals surface area contributed by atoms with Crippen molar-refractivity contribution < 1.29 is 14.4 Å². The third-order valence-electron chi connectivity index (χ3n) is 1.27. The van der Waals surface area contributed by atoms with Crippen LogP contribution in [0.25, 0.3) is 0 Å². The molecule has 1 aliphatic heterocycles. The minimum Gasteiger partial charge on any atom is -0.312 e. The summed E-state index contributed by atoms with van der Waals surface area (Å²) in [6.45, 7) is 2.05. The molecule has 1 heterocycles. The molecular formula is C4H9NO3P. The second-order valence-electron chi connectivity index (χ2n) is 2.00. The van der Waals surface area contributed by atoms with Gasteiger partial charge in [-0.3, -0.25) is 0 Å². The smallest absolute Gasteiger partial charge is 0.312 e. The quantitative estimate of drug-likeness (QED) is 0.529. The molecule has 9 heavy (non-hydrogen) atoms. The Morgan fingerprint density at radius 2 is 2.22 bits per heavy atom. The highest BCUT2D eigenvalue weighted by molar-refractivity contribution is 7.49. The highest BCUT2D eigenvalue weighted by atomic mass is 31.2. The predicted octanol–water partition coefficient (Wildman–Crippen LogP) is 0.337. The van der Waals surface area contributed by atoms with E-state index in [2.05, 4.69) is 0 Å². The minimum absolute atomic E-state index is 0.490. The van der Waals surface area contributed by atoms with Crippen molar-refractivity contribution >= 4 is 7.75 Å². The van der Waals surface area contributed by atoms with Gasteiger partial charge in [-0.15, -0.1) is 0 Å². The zero-order valence-corrected chi connectivity index (χ0v) is 5.79. The van der Waals surface area contributed by atoms with Gasteiger partial charge in [0.25, 0.3) is 0 Å². The Bertz CT molecular complexity index is 137.